The minimum Gasteiger partial charge on any atom is -0.345 e. The number of imidazole rings is 1. The summed E-state index contributed by atoms with van der Waals surface area (Å²) in [6.07, 6.45) is 3.99. The number of aromatic nitrogens is 2. The maximum atomic E-state index is 13.0. The molecule has 3 aromatic carbocycles. The van der Waals surface area contributed by atoms with Crippen LogP contribution in [0.25, 0.3) is 17.1 Å². The van der Waals surface area contributed by atoms with Crippen molar-refractivity contribution in [2.45, 2.75) is 19.5 Å². The number of halogens is 1. The monoisotopic (exact) mass is 399 g/mol. The molecule has 4 aromatic rings. The lowest BCUT2D eigenvalue weighted by Gasteiger charge is -2.10. The van der Waals surface area contributed by atoms with Gasteiger partial charge >= 0.3 is 0 Å². The molecule has 1 N–H and O–H groups in total. The largest absolute Gasteiger partial charge is 0.345 e. The van der Waals surface area contributed by atoms with Crippen molar-refractivity contribution >= 4 is 23.0 Å². The molecule has 0 atom stereocenters. The number of fused-ring (bicyclic) bond motifs is 1. The Morgan fingerprint density at radius 1 is 0.967 bits per heavy atom. The topological polar surface area (TPSA) is 46.9 Å². The molecule has 0 aliphatic rings. The van der Waals surface area contributed by atoms with Crippen LogP contribution in [0.1, 0.15) is 17.0 Å². The zero-order valence-electron chi connectivity index (χ0n) is 16.5. The summed E-state index contributed by atoms with van der Waals surface area (Å²) >= 11 is 0. The zero-order valence-corrected chi connectivity index (χ0v) is 16.5. The molecule has 0 radical (unpaired) electrons. The van der Waals surface area contributed by atoms with Gasteiger partial charge in [-0.05, 0) is 47.9 Å². The van der Waals surface area contributed by atoms with Crippen LogP contribution in [0.15, 0.2) is 84.9 Å². The summed E-state index contributed by atoms with van der Waals surface area (Å²) < 4.78 is 15.1. The van der Waals surface area contributed by atoms with Crippen molar-refractivity contribution in [2.24, 2.45) is 0 Å². The van der Waals surface area contributed by atoms with Gasteiger partial charge in [-0.25, -0.2) is 9.37 Å². The van der Waals surface area contributed by atoms with Crippen LogP contribution >= 0.6 is 0 Å². The van der Waals surface area contributed by atoms with Crippen LogP contribution in [0, 0.1) is 5.82 Å². The molecule has 0 aliphatic heterocycles. The number of rotatable bonds is 7. The zero-order chi connectivity index (χ0) is 20.8. The van der Waals surface area contributed by atoms with Gasteiger partial charge in [-0.15, -0.1) is 0 Å². The van der Waals surface area contributed by atoms with Gasteiger partial charge in [-0.3, -0.25) is 4.79 Å². The Morgan fingerprint density at radius 3 is 2.50 bits per heavy atom. The van der Waals surface area contributed by atoms with Crippen molar-refractivity contribution in [3.05, 3.63) is 108 Å². The molecule has 0 aliphatic carbocycles. The van der Waals surface area contributed by atoms with E-state index in [0.717, 1.165) is 35.4 Å². The molecule has 5 heteroatoms. The standard InChI is InChI=1S/C25H22FN3O/c26-21-13-10-20(11-14-21)12-15-25(30)27-18-24-28-22-8-4-5-9-23(22)29(24)17-16-19-6-2-1-3-7-19/h1-15H,16-18H2,(H,27,30)/b15-12+. The van der Waals surface area contributed by atoms with E-state index < -0.39 is 0 Å². The molecule has 30 heavy (non-hydrogen) atoms. The van der Waals surface area contributed by atoms with Crippen LogP contribution in [0.4, 0.5) is 4.39 Å². The van der Waals surface area contributed by atoms with Crippen LogP contribution in [-0.4, -0.2) is 15.5 Å². The third-order valence-electron chi connectivity index (χ3n) is 4.92. The first kappa shape index (κ1) is 19.6. The highest BCUT2D eigenvalue weighted by molar-refractivity contribution is 5.91. The first-order valence-electron chi connectivity index (χ1n) is 9.88. The first-order valence-corrected chi connectivity index (χ1v) is 9.88. The van der Waals surface area contributed by atoms with Gasteiger partial charge in [0.05, 0.1) is 17.6 Å². The van der Waals surface area contributed by atoms with E-state index in [9.17, 15) is 9.18 Å². The van der Waals surface area contributed by atoms with Gasteiger partial charge in [0.25, 0.3) is 0 Å². The lowest BCUT2D eigenvalue weighted by atomic mass is 10.1. The average molecular weight is 399 g/mol. The quantitative estimate of drug-likeness (QED) is 0.456. The number of nitrogens with zero attached hydrogens (tertiary/aromatic N) is 2. The van der Waals surface area contributed by atoms with E-state index in [1.807, 2.05) is 42.5 Å². The van der Waals surface area contributed by atoms with Gasteiger partial charge in [-0.1, -0.05) is 54.6 Å². The third-order valence-corrected chi connectivity index (χ3v) is 4.92. The predicted octanol–water partition coefficient (Wildman–Crippen LogP) is 4.75. The van der Waals surface area contributed by atoms with E-state index in [1.165, 1.54) is 23.8 Å². The highest BCUT2D eigenvalue weighted by atomic mass is 19.1. The SMILES string of the molecule is O=C(/C=C/c1ccc(F)cc1)NCc1nc2ccccc2n1CCc1ccccc1. The van der Waals surface area contributed by atoms with Crippen molar-refractivity contribution in [3.63, 3.8) is 0 Å². The molecule has 0 bridgehead atoms. The molecule has 4 nitrogen and oxygen atoms in total. The Labute approximate surface area is 174 Å². The Morgan fingerprint density at radius 2 is 1.70 bits per heavy atom. The minimum atomic E-state index is -0.300. The number of para-hydroxylation sites is 2. The summed E-state index contributed by atoms with van der Waals surface area (Å²) in [6.45, 7) is 1.11. The lowest BCUT2D eigenvalue weighted by molar-refractivity contribution is -0.116. The van der Waals surface area contributed by atoms with Gasteiger partial charge in [0, 0.05) is 12.6 Å². The van der Waals surface area contributed by atoms with Gasteiger partial charge in [0.15, 0.2) is 0 Å². The number of hydrogen-bond donors (Lipinski definition) is 1. The fourth-order valence-corrected chi connectivity index (χ4v) is 3.37. The highest BCUT2D eigenvalue weighted by Gasteiger charge is 2.11. The summed E-state index contributed by atoms with van der Waals surface area (Å²) in [5, 5.41) is 2.90. The molecule has 150 valence electrons. The smallest absolute Gasteiger partial charge is 0.244 e. The van der Waals surface area contributed by atoms with E-state index in [4.69, 9.17) is 4.98 Å². The second-order valence-electron chi connectivity index (χ2n) is 7.01. The van der Waals surface area contributed by atoms with Crippen molar-refractivity contribution in [3.8, 4) is 0 Å². The van der Waals surface area contributed by atoms with Crippen molar-refractivity contribution in [2.75, 3.05) is 0 Å². The Hall–Kier alpha value is -3.73. The molecule has 1 amide bonds. The van der Waals surface area contributed by atoms with Crippen LogP contribution < -0.4 is 5.32 Å². The maximum absolute atomic E-state index is 13.0. The second kappa shape index (κ2) is 9.18. The molecule has 0 fully saturated rings. The first-order chi connectivity index (χ1) is 14.7. The van der Waals surface area contributed by atoms with Crippen molar-refractivity contribution < 1.29 is 9.18 Å². The summed E-state index contributed by atoms with van der Waals surface area (Å²) in [5.74, 6) is 0.294. The summed E-state index contributed by atoms with van der Waals surface area (Å²) in [7, 11) is 0. The molecular formula is C25H22FN3O. The molecule has 0 saturated heterocycles. The van der Waals surface area contributed by atoms with E-state index >= 15 is 0 Å². The molecule has 1 aromatic heterocycles. The van der Waals surface area contributed by atoms with E-state index in [-0.39, 0.29) is 11.7 Å². The van der Waals surface area contributed by atoms with Crippen LogP contribution in [-0.2, 0) is 24.3 Å². The number of carbonyl (C=O) groups excluding carboxylic acids is 1. The Bertz CT molecular complexity index is 1160. The number of hydrogen-bond acceptors (Lipinski definition) is 2. The van der Waals surface area contributed by atoms with E-state index in [1.54, 1.807) is 18.2 Å². The maximum Gasteiger partial charge on any atom is 0.244 e. The predicted molar refractivity (Wildman–Crippen MR) is 117 cm³/mol. The van der Waals surface area contributed by atoms with Crippen LogP contribution in [0.5, 0.6) is 0 Å². The second-order valence-corrected chi connectivity index (χ2v) is 7.01. The van der Waals surface area contributed by atoms with Crippen LogP contribution in [0.2, 0.25) is 0 Å². The minimum absolute atomic E-state index is 0.221. The van der Waals surface area contributed by atoms with Crippen molar-refractivity contribution in [1.29, 1.82) is 0 Å². The van der Waals surface area contributed by atoms with Crippen LogP contribution in [0.3, 0.4) is 0 Å². The van der Waals surface area contributed by atoms with Gasteiger partial charge < -0.3 is 9.88 Å². The van der Waals surface area contributed by atoms with Crippen molar-refractivity contribution in [1.82, 2.24) is 14.9 Å². The summed E-state index contributed by atoms with van der Waals surface area (Å²) in [6, 6.07) is 24.3. The number of nitrogens with one attached hydrogen (secondary N) is 1. The normalized spacial score (nSPS) is 11.2. The molecule has 0 spiro atoms. The summed E-state index contributed by atoms with van der Waals surface area (Å²) in [4.78, 5) is 17.0. The number of benzene rings is 3. The van der Waals surface area contributed by atoms with Gasteiger partial charge in [0.1, 0.15) is 11.6 Å². The number of aryl methyl sites for hydroxylation is 2. The Balaban J connectivity index is 1.46. The molecule has 0 saturated carbocycles. The third kappa shape index (κ3) is 4.81. The highest BCUT2D eigenvalue weighted by Crippen LogP contribution is 2.17. The Kier molecular flexibility index (Phi) is 5.99. The average Bonchev–Trinajstić information content (AvgIpc) is 3.14. The fourth-order valence-electron chi connectivity index (χ4n) is 3.37. The van der Waals surface area contributed by atoms with Gasteiger partial charge in [-0.2, -0.15) is 0 Å². The molecule has 1 heterocycles. The molecule has 0 unspecified atom stereocenters. The molecular weight excluding hydrogens is 377 g/mol. The fraction of sp³-hybridized carbons (Fsp3) is 0.120. The number of carbonyl (C=O) groups is 1. The summed E-state index contributed by atoms with van der Waals surface area (Å²) in [5.41, 5.74) is 3.99. The number of amides is 1. The lowest BCUT2D eigenvalue weighted by Crippen LogP contribution is -2.23. The van der Waals surface area contributed by atoms with E-state index in [0.29, 0.717) is 6.54 Å². The van der Waals surface area contributed by atoms with E-state index in [2.05, 4.69) is 22.0 Å². The molecule has 4 rings (SSSR count). The van der Waals surface area contributed by atoms with Gasteiger partial charge in [0.2, 0.25) is 5.91 Å².